The summed E-state index contributed by atoms with van der Waals surface area (Å²) in [7, 11) is 0. The summed E-state index contributed by atoms with van der Waals surface area (Å²) in [6.07, 6.45) is 1.65. The molecule has 0 unspecified atom stereocenters. The molecular weight excluding hydrogens is 325 g/mol. The van der Waals surface area contributed by atoms with E-state index in [0.717, 1.165) is 0 Å². The van der Waals surface area contributed by atoms with Gasteiger partial charge in [-0.3, -0.25) is 0 Å². The molecule has 126 valence electrons. The fourth-order valence-corrected chi connectivity index (χ4v) is 2.66. The third-order valence-corrected chi connectivity index (χ3v) is 3.71. The predicted molar refractivity (Wildman–Crippen MR) is 87.6 cm³/mol. The first kappa shape index (κ1) is 16.5. The number of rotatable bonds is 4. The number of aromatic nitrogens is 2. The van der Waals surface area contributed by atoms with Crippen LogP contribution in [0.2, 0.25) is 0 Å². The lowest BCUT2D eigenvalue weighted by molar-refractivity contribution is 0.0516. The summed E-state index contributed by atoms with van der Waals surface area (Å²) in [5.74, 6) is -1.50. The van der Waals surface area contributed by atoms with Crippen molar-refractivity contribution in [1.82, 2.24) is 9.55 Å². The summed E-state index contributed by atoms with van der Waals surface area (Å²) in [5, 5.41) is 20.1. The number of nitrogens with zero attached hydrogens (tertiary/aromatic N) is 3. The van der Waals surface area contributed by atoms with Crippen LogP contribution in [-0.4, -0.2) is 27.2 Å². The Morgan fingerprint density at radius 1 is 1.44 bits per heavy atom. The lowest BCUT2D eigenvalue weighted by Crippen LogP contribution is -2.10. The van der Waals surface area contributed by atoms with E-state index >= 15 is 0 Å². The number of hydrogen-bond acceptors (Lipinski definition) is 5. The van der Waals surface area contributed by atoms with Gasteiger partial charge in [-0.2, -0.15) is 5.26 Å². The molecule has 0 aliphatic carbocycles. The molecule has 0 fully saturated rings. The van der Waals surface area contributed by atoms with Crippen molar-refractivity contribution in [2.45, 2.75) is 13.5 Å². The molecule has 1 N–H and O–H groups in total. The Morgan fingerprint density at radius 3 is 2.92 bits per heavy atom. The molecule has 3 rings (SSSR count). The number of carbonyl (C=O) groups excluding carboxylic acids is 1. The van der Waals surface area contributed by atoms with Crippen LogP contribution in [0, 0.1) is 17.1 Å². The third kappa shape index (κ3) is 3.02. The first-order chi connectivity index (χ1) is 12.0. The molecule has 0 bridgehead atoms. The third-order valence-electron chi connectivity index (χ3n) is 3.71. The van der Waals surface area contributed by atoms with Crippen LogP contribution >= 0.6 is 0 Å². The number of esters is 1. The molecular formula is C18H14FN3O3. The second kappa shape index (κ2) is 6.61. The van der Waals surface area contributed by atoms with E-state index in [4.69, 9.17) is 4.74 Å². The van der Waals surface area contributed by atoms with E-state index in [0.29, 0.717) is 16.5 Å². The van der Waals surface area contributed by atoms with E-state index in [9.17, 15) is 19.6 Å². The van der Waals surface area contributed by atoms with Crippen molar-refractivity contribution < 1.29 is 19.0 Å². The largest absolute Gasteiger partial charge is 0.505 e. The number of ether oxygens (including phenoxy) is 1. The zero-order valence-corrected chi connectivity index (χ0v) is 13.4. The number of pyridine rings is 1. The van der Waals surface area contributed by atoms with Gasteiger partial charge in [0, 0.05) is 18.1 Å². The van der Waals surface area contributed by atoms with Gasteiger partial charge < -0.3 is 14.4 Å². The Morgan fingerprint density at radius 2 is 2.24 bits per heavy atom. The summed E-state index contributed by atoms with van der Waals surface area (Å²) < 4.78 is 19.9. The standard InChI is InChI=1S/C18H14FN3O3/c1-2-25-18(24)15-17(23)13-6-7-22(16(13)14(9-20)21-15)10-11-4-3-5-12(19)8-11/h3-8,23H,2,10H2,1H3. The highest BCUT2D eigenvalue weighted by molar-refractivity contribution is 6.00. The van der Waals surface area contributed by atoms with Crippen molar-refractivity contribution in [2.24, 2.45) is 0 Å². The van der Waals surface area contributed by atoms with Crippen LogP contribution in [0.25, 0.3) is 10.9 Å². The minimum Gasteiger partial charge on any atom is -0.505 e. The van der Waals surface area contributed by atoms with Crippen molar-refractivity contribution in [3.63, 3.8) is 0 Å². The summed E-state index contributed by atoms with van der Waals surface area (Å²) in [4.78, 5) is 15.9. The maximum absolute atomic E-state index is 13.4. The predicted octanol–water partition coefficient (Wildman–Crippen LogP) is 2.98. The zero-order valence-electron chi connectivity index (χ0n) is 13.4. The fourth-order valence-electron chi connectivity index (χ4n) is 2.66. The first-order valence-electron chi connectivity index (χ1n) is 7.58. The molecule has 0 aliphatic rings. The maximum atomic E-state index is 13.4. The van der Waals surface area contributed by atoms with Crippen molar-refractivity contribution in [2.75, 3.05) is 6.61 Å². The smallest absolute Gasteiger partial charge is 0.360 e. The van der Waals surface area contributed by atoms with Crippen molar-refractivity contribution in [1.29, 1.82) is 5.26 Å². The minimum atomic E-state index is -0.795. The average Bonchev–Trinajstić information content (AvgIpc) is 3.00. The summed E-state index contributed by atoms with van der Waals surface area (Å²) in [6, 6.07) is 9.59. The van der Waals surface area contributed by atoms with E-state index in [2.05, 4.69) is 4.98 Å². The minimum absolute atomic E-state index is 0.0164. The molecule has 7 heteroatoms. The molecule has 6 nitrogen and oxygen atoms in total. The van der Waals surface area contributed by atoms with Crippen LogP contribution in [0.15, 0.2) is 36.5 Å². The summed E-state index contributed by atoms with van der Waals surface area (Å²) in [5.41, 5.74) is 0.749. The highest BCUT2D eigenvalue weighted by Crippen LogP contribution is 2.31. The number of fused-ring (bicyclic) bond motifs is 1. The topological polar surface area (TPSA) is 88.1 Å². The number of hydrogen-bond donors (Lipinski definition) is 1. The Kier molecular flexibility index (Phi) is 4.35. The molecule has 25 heavy (non-hydrogen) atoms. The normalized spacial score (nSPS) is 10.6. The Labute approximate surface area is 142 Å². The quantitative estimate of drug-likeness (QED) is 0.738. The van der Waals surface area contributed by atoms with Crippen LogP contribution in [-0.2, 0) is 11.3 Å². The van der Waals surface area contributed by atoms with Gasteiger partial charge in [-0.05, 0) is 30.7 Å². The molecule has 0 saturated heterocycles. The van der Waals surface area contributed by atoms with E-state index in [1.807, 2.05) is 6.07 Å². The van der Waals surface area contributed by atoms with Gasteiger partial charge in [0.1, 0.15) is 11.9 Å². The zero-order chi connectivity index (χ0) is 18.0. The SMILES string of the molecule is CCOC(=O)c1nc(C#N)c2c(ccn2Cc2cccc(F)c2)c1O. The Hall–Kier alpha value is -3.40. The van der Waals surface area contributed by atoms with Crippen LogP contribution in [0.1, 0.15) is 28.7 Å². The lowest BCUT2D eigenvalue weighted by Gasteiger charge is -2.09. The van der Waals surface area contributed by atoms with Crippen LogP contribution in [0.5, 0.6) is 5.75 Å². The molecule has 0 saturated carbocycles. The summed E-state index contributed by atoms with van der Waals surface area (Å²) >= 11 is 0. The van der Waals surface area contributed by atoms with Crippen molar-refractivity contribution >= 4 is 16.9 Å². The lowest BCUT2D eigenvalue weighted by atomic mass is 10.2. The monoisotopic (exact) mass is 339 g/mol. The fraction of sp³-hybridized carbons (Fsp3) is 0.167. The number of carbonyl (C=O) groups is 1. The first-order valence-corrected chi connectivity index (χ1v) is 7.58. The second-order valence-electron chi connectivity index (χ2n) is 5.33. The molecule has 0 amide bonds. The number of nitriles is 1. The van der Waals surface area contributed by atoms with Crippen molar-refractivity contribution in [3.05, 3.63) is 59.3 Å². The van der Waals surface area contributed by atoms with E-state index in [1.54, 1.807) is 35.9 Å². The van der Waals surface area contributed by atoms with Crippen LogP contribution in [0.3, 0.4) is 0 Å². The van der Waals surface area contributed by atoms with Gasteiger partial charge in [-0.25, -0.2) is 14.2 Å². The van der Waals surface area contributed by atoms with Crippen LogP contribution < -0.4 is 0 Å². The van der Waals surface area contributed by atoms with E-state index in [1.165, 1.54) is 12.1 Å². The Balaban J connectivity index is 2.13. The average molecular weight is 339 g/mol. The van der Waals surface area contributed by atoms with Crippen molar-refractivity contribution in [3.8, 4) is 11.8 Å². The van der Waals surface area contributed by atoms with Gasteiger partial charge >= 0.3 is 5.97 Å². The van der Waals surface area contributed by atoms with E-state index in [-0.39, 0.29) is 36.1 Å². The molecule has 2 heterocycles. The second-order valence-corrected chi connectivity index (χ2v) is 5.33. The number of benzene rings is 1. The highest BCUT2D eigenvalue weighted by Gasteiger charge is 2.22. The van der Waals surface area contributed by atoms with Gasteiger partial charge in [-0.15, -0.1) is 0 Å². The maximum Gasteiger partial charge on any atom is 0.360 e. The van der Waals surface area contributed by atoms with Gasteiger partial charge in [0.05, 0.1) is 12.1 Å². The Bertz CT molecular complexity index is 1000. The molecule has 0 aliphatic heterocycles. The molecule has 0 radical (unpaired) electrons. The summed E-state index contributed by atoms with van der Waals surface area (Å²) in [6.45, 7) is 2.05. The number of aromatic hydroxyl groups is 1. The highest BCUT2D eigenvalue weighted by atomic mass is 19.1. The number of halogens is 1. The molecule has 0 spiro atoms. The molecule has 3 aromatic rings. The molecule has 0 atom stereocenters. The molecule has 2 aromatic heterocycles. The molecule has 1 aromatic carbocycles. The van der Waals surface area contributed by atoms with E-state index < -0.39 is 5.97 Å². The van der Waals surface area contributed by atoms with Gasteiger partial charge in [-0.1, -0.05) is 12.1 Å². The van der Waals surface area contributed by atoms with Gasteiger partial charge in [0.2, 0.25) is 0 Å². The van der Waals surface area contributed by atoms with Gasteiger partial charge in [0.25, 0.3) is 0 Å². The van der Waals surface area contributed by atoms with Crippen LogP contribution in [0.4, 0.5) is 4.39 Å². The van der Waals surface area contributed by atoms with Gasteiger partial charge in [0.15, 0.2) is 17.1 Å².